The number of benzene rings is 2. The molecule has 0 amide bonds. The highest BCUT2D eigenvalue weighted by molar-refractivity contribution is 5.85. The van der Waals surface area contributed by atoms with E-state index in [9.17, 15) is 10.2 Å². The van der Waals surface area contributed by atoms with Crippen LogP contribution in [0.25, 0.3) is 0 Å². The van der Waals surface area contributed by atoms with Gasteiger partial charge in [0.2, 0.25) is 0 Å². The number of morpholine rings is 2. The van der Waals surface area contributed by atoms with Gasteiger partial charge in [0.05, 0.1) is 38.5 Å². The van der Waals surface area contributed by atoms with E-state index in [0.717, 1.165) is 153 Å². The molecule has 2 saturated heterocycles. The van der Waals surface area contributed by atoms with E-state index < -0.39 is 0 Å². The zero-order valence-electron chi connectivity index (χ0n) is 31.2. The summed E-state index contributed by atoms with van der Waals surface area (Å²) in [4.78, 5) is 19.7. The predicted octanol–water partition coefficient (Wildman–Crippen LogP) is 4.87. The summed E-state index contributed by atoms with van der Waals surface area (Å²) in [6.07, 6.45) is 10.1. The Hall–Kier alpha value is -2.86. The Morgan fingerprint density at radius 2 is 1.08 bits per heavy atom. The van der Waals surface area contributed by atoms with E-state index in [2.05, 4.69) is 58.0 Å². The largest absolute Gasteiger partial charge is 0.507 e. The van der Waals surface area contributed by atoms with Gasteiger partial charge < -0.3 is 29.5 Å². The van der Waals surface area contributed by atoms with Gasteiger partial charge >= 0.3 is 0 Å². The van der Waals surface area contributed by atoms with E-state index in [0.29, 0.717) is 11.5 Å². The average molecular weight is 691 g/mol. The van der Waals surface area contributed by atoms with E-state index >= 15 is 0 Å². The molecule has 5 rings (SSSR count). The maximum absolute atomic E-state index is 11.0. The first-order chi connectivity index (χ1) is 24.2. The van der Waals surface area contributed by atoms with Crippen LogP contribution in [0.4, 0.5) is 0 Å². The highest BCUT2D eigenvalue weighted by atomic mass is 16.5. The summed E-state index contributed by atoms with van der Waals surface area (Å²) in [5, 5.41) is 21.9. The first kappa shape index (κ1) is 38.4. The summed E-state index contributed by atoms with van der Waals surface area (Å²) < 4.78 is 10.9. The highest BCUT2D eigenvalue weighted by Gasteiger charge is 2.24. The van der Waals surface area contributed by atoms with Crippen LogP contribution in [0.2, 0.25) is 0 Å². The number of aryl methyl sites for hydroxylation is 2. The van der Waals surface area contributed by atoms with Crippen molar-refractivity contribution in [2.45, 2.75) is 77.5 Å². The lowest BCUT2D eigenvalue weighted by atomic mass is 9.91. The first-order valence-corrected chi connectivity index (χ1v) is 18.9. The molecular formula is C40H62N6O4. The molecule has 1 saturated carbocycles. The molecule has 0 aromatic heterocycles. The molecule has 2 atom stereocenters. The summed E-state index contributed by atoms with van der Waals surface area (Å²) in [5.41, 5.74) is 5.65. The number of hydrogen-bond acceptors (Lipinski definition) is 10. The zero-order valence-corrected chi connectivity index (χ0v) is 31.2. The highest BCUT2D eigenvalue weighted by Crippen LogP contribution is 2.28. The van der Waals surface area contributed by atoms with Crippen molar-refractivity contribution in [3.8, 4) is 11.5 Å². The Labute approximate surface area is 300 Å². The van der Waals surface area contributed by atoms with Crippen molar-refractivity contribution in [2.75, 3.05) is 92.9 Å². The standard InChI is InChI=1S/C40H62N6O4/c1-31-23-33(29-43(3)11-7-13-45-15-19-49-20-16-45)25-35(39(31)47)27-41-37-9-5-6-10-38(37)42-28-36-26-34(24-32(2)40(36)48)30-44(4)12-8-14-46-17-21-50-22-18-46/h23-28,37-38,47-48H,5-22,29-30H2,1-4H3/t37-,38-/m1/s1. The third-order valence-electron chi connectivity index (χ3n) is 10.4. The van der Waals surface area contributed by atoms with Crippen molar-refractivity contribution < 1.29 is 19.7 Å². The van der Waals surface area contributed by atoms with Crippen molar-refractivity contribution in [1.82, 2.24) is 19.6 Å². The maximum atomic E-state index is 11.0. The van der Waals surface area contributed by atoms with E-state index in [1.165, 1.54) is 11.1 Å². The molecular weight excluding hydrogens is 628 g/mol. The summed E-state index contributed by atoms with van der Waals surface area (Å²) in [6.45, 7) is 17.3. The predicted molar refractivity (Wildman–Crippen MR) is 203 cm³/mol. The van der Waals surface area contributed by atoms with Crippen molar-refractivity contribution >= 4 is 12.4 Å². The van der Waals surface area contributed by atoms with Gasteiger partial charge in [-0.3, -0.25) is 19.8 Å². The zero-order chi connectivity index (χ0) is 35.3. The molecule has 0 bridgehead atoms. The van der Waals surface area contributed by atoms with E-state index in [1.54, 1.807) is 0 Å². The van der Waals surface area contributed by atoms with Gasteiger partial charge in [-0.15, -0.1) is 0 Å². The molecule has 0 spiro atoms. The fourth-order valence-corrected chi connectivity index (χ4v) is 7.50. The van der Waals surface area contributed by atoms with Gasteiger partial charge in [0.1, 0.15) is 11.5 Å². The quantitative estimate of drug-likeness (QED) is 0.241. The van der Waals surface area contributed by atoms with E-state index in [-0.39, 0.29) is 12.1 Å². The normalized spacial score (nSPS) is 21.3. The second-order valence-electron chi connectivity index (χ2n) is 14.8. The minimum atomic E-state index is 0.0373. The van der Waals surface area contributed by atoms with Crippen LogP contribution >= 0.6 is 0 Å². The molecule has 2 aromatic carbocycles. The summed E-state index contributed by atoms with van der Waals surface area (Å²) in [5.74, 6) is 0.596. The van der Waals surface area contributed by atoms with Crippen LogP contribution < -0.4 is 0 Å². The molecule has 0 unspecified atom stereocenters. The number of aromatic hydroxyl groups is 2. The second-order valence-corrected chi connectivity index (χ2v) is 14.8. The lowest BCUT2D eigenvalue weighted by molar-refractivity contribution is 0.0363. The third kappa shape index (κ3) is 11.9. The van der Waals surface area contributed by atoms with Gasteiger partial charge in [0.15, 0.2) is 0 Å². The number of rotatable bonds is 16. The molecule has 50 heavy (non-hydrogen) atoms. The minimum Gasteiger partial charge on any atom is -0.507 e. The van der Waals surface area contributed by atoms with Crippen molar-refractivity contribution in [3.05, 3.63) is 57.6 Å². The second kappa shape index (κ2) is 19.7. The Bertz CT molecular complexity index is 1300. The summed E-state index contributed by atoms with van der Waals surface area (Å²) in [7, 11) is 4.34. The Kier molecular flexibility index (Phi) is 15.1. The molecule has 10 nitrogen and oxygen atoms in total. The molecule has 2 N–H and O–H groups in total. The Morgan fingerprint density at radius 1 is 0.680 bits per heavy atom. The van der Waals surface area contributed by atoms with Gasteiger partial charge in [0, 0.05) is 62.8 Å². The number of nitrogens with zero attached hydrogens (tertiary/aromatic N) is 6. The van der Waals surface area contributed by atoms with Crippen LogP contribution in [0.15, 0.2) is 34.3 Å². The summed E-state index contributed by atoms with van der Waals surface area (Å²) >= 11 is 0. The minimum absolute atomic E-state index is 0.0373. The monoisotopic (exact) mass is 690 g/mol. The van der Waals surface area contributed by atoms with Crippen LogP contribution in [0.3, 0.4) is 0 Å². The third-order valence-corrected chi connectivity index (χ3v) is 10.4. The van der Waals surface area contributed by atoms with Gasteiger partial charge in [-0.05, 0) is 114 Å². The number of ether oxygens (including phenoxy) is 2. The van der Waals surface area contributed by atoms with E-state index in [4.69, 9.17) is 19.5 Å². The number of aliphatic imine (C=N–C) groups is 2. The Morgan fingerprint density at radius 3 is 1.48 bits per heavy atom. The van der Waals surface area contributed by atoms with Gasteiger partial charge in [0.25, 0.3) is 0 Å². The fourth-order valence-electron chi connectivity index (χ4n) is 7.50. The molecule has 276 valence electrons. The molecule has 3 aliphatic rings. The first-order valence-electron chi connectivity index (χ1n) is 18.9. The molecule has 0 radical (unpaired) electrons. The van der Waals surface area contributed by atoms with Crippen molar-refractivity contribution in [3.63, 3.8) is 0 Å². The van der Waals surface area contributed by atoms with Crippen LogP contribution in [0.1, 0.15) is 71.9 Å². The van der Waals surface area contributed by atoms with Gasteiger partial charge in [-0.2, -0.15) is 0 Å². The van der Waals surface area contributed by atoms with Crippen LogP contribution in [-0.2, 0) is 22.6 Å². The topological polar surface area (TPSA) is 96.6 Å². The van der Waals surface area contributed by atoms with Crippen molar-refractivity contribution in [2.24, 2.45) is 9.98 Å². The SMILES string of the molecule is Cc1cc(CN(C)CCCN2CCOCC2)cc(C=N[C@@H]2CCCC[C@H]2N=Cc2cc(CN(C)CCCN3CCOCC3)cc(C)c2O)c1O. The number of hydrogen-bond donors (Lipinski definition) is 2. The molecule has 10 heteroatoms. The van der Waals surface area contributed by atoms with Crippen LogP contribution in [-0.4, -0.2) is 147 Å². The molecule has 2 aliphatic heterocycles. The smallest absolute Gasteiger partial charge is 0.127 e. The van der Waals surface area contributed by atoms with Gasteiger partial charge in [-0.1, -0.05) is 25.0 Å². The molecule has 1 aliphatic carbocycles. The molecule has 2 aromatic rings. The number of phenols is 2. The lowest BCUT2D eigenvalue weighted by Crippen LogP contribution is -2.37. The molecule has 2 heterocycles. The van der Waals surface area contributed by atoms with Gasteiger partial charge in [-0.25, -0.2) is 0 Å². The van der Waals surface area contributed by atoms with Crippen LogP contribution in [0, 0.1) is 13.8 Å². The average Bonchev–Trinajstić information content (AvgIpc) is 3.11. The lowest BCUT2D eigenvalue weighted by Gasteiger charge is -2.27. The Balaban J connectivity index is 1.17. The summed E-state index contributed by atoms with van der Waals surface area (Å²) in [6, 6.07) is 8.41. The number of phenolic OH excluding ortho intramolecular Hbond substituents is 2. The van der Waals surface area contributed by atoms with Crippen molar-refractivity contribution in [1.29, 1.82) is 0 Å². The van der Waals surface area contributed by atoms with E-state index in [1.807, 2.05) is 26.3 Å². The van der Waals surface area contributed by atoms with Crippen LogP contribution in [0.5, 0.6) is 11.5 Å². The maximum Gasteiger partial charge on any atom is 0.127 e. The molecule has 3 fully saturated rings. The fraction of sp³-hybridized carbons (Fsp3) is 0.650.